The quantitative estimate of drug-likeness (QED) is 0.314. The number of carbonyl (C=O) groups is 1. The first-order valence-corrected chi connectivity index (χ1v) is 11.4. The Kier molecular flexibility index (Phi) is 7.08. The second-order valence-electron chi connectivity index (χ2n) is 8.82. The number of nitrogens with one attached hydrogen (secondary N) is 2. The van der Waals surface area contributed by atoms with E-state index < -0.39 is 11.7 Å². The molecule has 3 aromatic carbocycles. The molecular formula is C28H27F3N2O3. The third-order valence-corrected chi connectivity index (χ3v) is 6.03. The molecule has 2 N–H and O–H groups in total. The Morgan fingerprint density at radius 3 is 2.19 bits per heavy atom. The smallest absolute Gasteiger partial charge is 0.416 e. The van der Waals surface area contributed by atoms with Crippen molar-refractivity contribution in [3.8, 4) is 11.5 Å². The molecule has 1 saturated carbocycles. The number of H-pyrrole nitrogens is 1. The van der Waals surface area contributed by atoms with Gasteiger partial charge in [-0.25, -0.2) is 0 Å². The van der Waals surface area contributed by atoms with Crippen LogP contribution in [-0.2, 0) is 16.5 Å². The van der Waals surface area contributed by atoms with Gasteiger partial charge in [0.05, 0.1) is 22.1 Å². The normalized spacial score (nSPS) is 14.1. The van der Waals surface area contributed by atoms with E-state index >= 15 is 0 Å². The molecule has 0 bridgehead atoms. The number of benzene rings is 3. The lowest BCUT2D eigenvalue weighted by atomic mass is 10.0. The number of carbonyl (C=O) groups excluding carboxylic acids is 1. The zero-order valence-electron chi connectivity index (χ0n) is 20.2. The molecule has 4 aromatic rings. The zero-order valence-corrected chi connectivity index (χ0v) is 20.2. The number of rotatable bonds is 5. The molecule has 1 aromatic heterocycles. The lowest BCUT2D eigenvalue weighted by Crippen LogP contribution is -2.34. The van der Waals surface area contributed by atoms with Crippen molar-refractivity contribution in [2.24, 2.45) is 0 Å². The highest BCUT2D eigenvalue weighted by atomic mass is 19.4. The first kappa shape index (κ1) is 25.3. The van der Waals surface area contributed by atoms with Gasteiger partial charge in [0, 0.05) is 25.9 Å². The van der Waals surface area contributed by atoms with E-state index in [0.717, 1.165) is 36.1 Å². The van der Waals surface area contributed by atoms with Gasteiger partial charge >= 0.3 is 6.18 Å². The molecule has 1 aliphatic carbocycles. The summed E-state index contributed by atoms with van der Waals surface area (Å²) in [5, 5.41) is 3.75. The first-order chi connectivity index (χ1) is 17.2. The number of aryl methyl sites for hydroxylation is 1. The number of aromatic amines is 1. The monoisotopic (exact) mass is 496 g/mol. The van der Waals surface area contributed by atoms with E-state index in [-0.39, 0.29) is 17.2 Å². The average Bonchev–Trinajstić information content (AvgIpc) is 3.47. The standard InChI is InChI=1S/C26H21F3N2O2.C2H6O/c1-16-5-7-17(8-6-16)25(13-14-25)31-24(32)20-15-30-21-3-2-4-22(23(20)21)33-19-11-9-18(10-12-19)26(27,28)29;1-3-2/h2-12,15,30H,13-14H2,1H3,(H,31,32);1-2H3. The molecule has 0 saturated heterocycles. The Balaban J connectivity index is 0.000000967. The van der Waals surface area contributed by atoms with Crippen LogP contribution < -0.4 is 10.1 Å². The van der Waals surface area contributed by atoms with E-state index in [2.05, 4.69) is 15.0 Å². The highest BCUT2D eigenvalue weighted by Gasteiger charge is 2.46. The van der Waals surface area contributed by atoms with Crippen LogP contribution in [0.2, 0.25) is 0 Å². The Morgan fingerprint density at radius 2 is 1.61 bits per heavy atom. The third-order valence-electron chi connectivity index (χ3n) is 6.03. The number of ether oxygens (including phenoxy) is 2. The number of amides is 1. The number of alkyl halides is 3. The van der Waals surface area contributed by atoms with Gasteiger partial charge in [-0.2, -0.15) is 13.2 Å². The Morgan fingerprint density at radius 1 is 0.972 bits per heavy atom. The fourth-order valence-corrected chi connectivity index (χ4v) is 4.02. The molecule has 36 heavy (non-hydrogen) atoms. The molecule has 1 amide bonds. The molecule has 0 spiro atoms. The number of hydrogen-bond donors (Lipinski definition) is 2. The van der Waals surface area contributed by atoms with Crippen LogP contribution >= 0.6 is 0 Å². The number of fused-ring (bicyclic) bond motifs is 1. The summed E-state index contributed by atoms with van der Waals surface area (Å²) in [6.07, 6.45) is -1.07. The summed E-state index contributed by atoms with van der Waals surface area (Å²) in [6.45, 7) is 2.02. The predicted octanol–water partition coefficient (Wildman–Crippen LogP) is 6.97. The van der Waals surface area contributed by atoms with Crippen molar-refractivity contribution in [2.75, 3.05) is 14.2 Å². The van der Waals surface area contributed by atoms with Crippen LogP contribution in [0.15, 0.2) is 72.9 Å². The SMILES string of the molecule is COC.Cc1ccc(C2(NC(=O)c3c[nH]c4cccc(Oc5ccc(C(F)(F)F)cc5)c34)CC2)cc1. The molecule has 1 fully saturated rings. The van der Waals surface area contributed by atoms with Gasteiger partial charge in [0.25, 0.3) is 5.91 Å². The van der Waals surface area contributed by atoms with Gasteiger partial charge in [0.1, 0.15) is 11.5 Å². The Labute approximate surface area is 207 Å². The largest absolute Gasteiger partial charge is 0.457 e. The number of hydrogen-bond acceptors (Lipinski definition) is 3. The fourth-order valence-electron chi connectivity index (χ4n) is 4.02. The highest BCUT2D eigenvalue weighted by Crippen LogP contribution is 2.46. The molecule has 1 heterocycles. The zero-order chi connectivity index (χ0) is 25.9. The second-order valence-corrected chi connectivity index (χ2v) is 8.82. The molecular weight excluding hydrogens is 469 g/mol. The molecule has 0 unspecified atom stereocenters. The predicted molar refractivity (Wildman–Crippen MR) is 132 cm³/mol. The summed E-state index contributed by atoms with van der Waals surface area (Å²) in [4.78, 5) is 16.4. The minimum absolute atomic E-state index is 0.234. The van der Waals surface area contributed by atoms with Gasteiger partial charge in [-0.3, -0.25) is 4.79 Å². The summed E-state index contributed by atoms with van der Waals surface area (Å²) in [5.41, 5.74) is 2.22. The van der Waals surface area contributed by atoms with Crippen LogP contribution in [0.4, 0.5) is 13.2 Å². The van der Waals surface area contributed by atoms with E-state index in [9.17, 15) is 18.0 Å². The van der Waals surface area contributed by atoms with Gasteiger partial charge in [0.2, 0.25) is 0 Å². The van der Waals surface area contributed by atoms with Gasteiger partial charge in [-0.1, -0.05) is 35.9 Å². The maximum Gasteiger partial charge on any atom is 0.416 e. The Bertz CT molecular complexity index is 1340. The highest BCUT2D eigenvalue weighted by molar-refractivity contribution is 6.09. The summed E-state index contributed by atoms with van der Waals surface area (Å²) < 4.78 is 48.7. The maximum atomic E-state index is 13.3. The number of halogens is 3. The molecule has 188 valence electrons. The van der Waals surface area contributed by atoms with Crippen LogP contribution in [0.25, 0.3) is 10.9 Å². The van der Waals surface area contributed by atoms with E-state index in [4.69, 9.17) is 4.74 Å². The third kappa shape index (κ3) is 5.39. The molecule has 1 aliphatic rings. The molecule has 5 nitrogen and oxygen atoms in total. The van der Waals surface area contributed by atoms with Crippen LogP contribution in [0, 0.1) is 6.92 Å². The van der Waals surface area contributed by atoms with Gasteiger partial charge < -0.3 is 19.8 Å². The lowest BCUT2D eigenvalue weighted by Gasteiger charge is -2.18. The average molecular weight is 497 g/mol. The van der Waals surface area contributed by atoms with Crippen LogP contribution in [0.3, 0.4) is 0 Å². The van der Waals surface area contributed by atoms with Crippen LogP contribution in [0.5, 0.6) is 11.5 Å². The summed E-state index contributed by atoms with van der Waals surface area (Å²) in [6, 6.07) is 17.9. The molecule has 5 rings (SSSR count). The lowest BCUT2D eigenvalue weighted by molar-refractivity contribution is -0.137. The van der Waals surface area contributed by atoms with Crippen molar-refractivity contribution in [2.45, 2.75) is 31.5 Å². The van der Waals surface area contributed by atoms with Gasteiger partial charge in [-0.05, 0) is 61.7 Å². The van der Waals surface area contributed by atoms with E-state index in [1.165, 1.54) is 12.1 Å². The molecule has 0 radical (unpaired) electrons. The van der Waals surface area contributed by atoms with Crippen molar-refractivity contribution in [1.29, 1.82) is 0 Å². The van der Waals surface area contributed by atoms with E-state index in [0.29, 0.717) is 22.2 Å². The van der Waals surface area contributed by atoms with Gasteiger partial charge in [-0.15, -0.1) is 0 Å². The molecule has 0 atom stereocenters. The van der Waals surface area contributed by atoms with Crippen molar-refractivity contribution in [3.63, 3.8) is 0 Å². The van der Waals surface area contributed by atoms with Crippen molar-refractivity contribution >= 4 is 16.8 Å². The fraction of sp³-hybridized carbons (Fsp3) is 0.250. The van der Waals surface area contributed by atoms with Crippen molar-refractivity contribution in [1.82, 2.24) is 10.3 Å². The van der Waals surface area contributed by atoms with E-state index in [1.807, 2.05) is 37.3 Å². The number of aromatic nitrogens is 1. The first-order valence-electron chi connectivity index (χ1n) is 11.4. The topological polar surface area (TPSA) is 63.3 Å². The maximum absolute atomic E-state index is 13.3. The Hall–Kier alpha value is -3.78. The van der Waals surface area contributed by atoms with Gasteiger partial charge in [0.15, 0.2) is 0 Å². The number of methoxy groups -OCH3 is 1. The summed E-state index contributed by atoms with van der Waals surface area (Å²) >= 11 is 0. The minimum Gasteiger partial charge on any atom is -0.457 e. The molecule has 8 heteroatoms. The van der Waals surface area contributed by atoms with E-state index in [1.54, 1.807) is 32.5 Å². The second kappa shape index (κ2) is 10.1. The minimum atomic E-state index is -4.42. The summed E-state index contributed by atoms with van der Waals surface area (Å²) in [5.74, 6) is 0.406. The molecule has 0 aliphatic heterocycles. The van der Waals surface area contributed by atoms with Crippen LogP contribution in [0.1, 0.15) is 39.9 Å². The van der Waals surface area contributed by atoms with Crippen molar-refractivity contribution < 1.29 is 27.4 Å². The van der Waals surface area contributed by atoms with Crippen molar-refractivity contribution in [3.05, 3.63) is 95.2 Å². The van der Waals surface area contributed by atoms with Crippen LogP contribution in [-0.4, -0.2) is 25.1 Å². The summed E-state index contributed by atoms with van der Waals surface area (Å²) in [7, 11) is 3.25.